The largest absolute Gasteiger partial charge is 0.512 e. The fourth-order valence-electron chi connectivity index (χ4n) is 8.36. The smallest absolute Gasteiger partial charge is 0.162 e. The second-order valence-corrected chi connectivity index (χ2v) is 22.2. The number of nitrogens with zero attached hydrogens (tertiary/aromatic N) is 1. The van der Waals surface area contributed by atoms with Crippen LogP contribution in [0, 0.1) is 42.6 Å². The van der Waals surface area contributed by atoms with Crippen LogP contribution in [0.1, 0.15) is 126 Å². The predicted octanol–water partition coefficient (Wildman–Crippen LogP) is 13.8. The van der Waals surface area contributed by atoms with Crippen LogP contribution in [0.3, 0.4) is 0 Å². The Bertz CT molecular complexity index is 1720. The Balaban J connectivity index is 0.000000497. The van der Waals surface area contributed by atoms with Crippen molar-refractivity contribution in [2.45, 2.75) is 140 Å². The van der Waals surface area contributed by atoms with Crippen LogP contribution in [0.25, 0.3) is 32.1 Å². The molecule has 0 aliphatic rings. The first-order valence-corrected chi connectivity index (χ1v) is 23.3. The van der Waals surface area contributed by atoms with Crippen molar-refractivity contribution in [2.75, 3.05) is 0 Å². The summed E-state index contributed by atoms with van der Waals surface area (Å²) in [6.07, 6.45) is 6.93. The van der Waals surface area contributed by atoms with Gasteiger partial charge in [0.15, 0.2) is 5.78 Å². The number of rotatable bonds is 16. The van der Waals surface area contributed by atoms with Crippen LogP contribution >= 0.6 is 11.3 Å². The van der Waals surface area contributed by atoms with E-state index in [1.54, 1.807) is 4.50 Å². The van der Waals surface area contributed by atoms with E-state index in [1.165, 1.54) is 56.2 Å². The quantitative estimate of drug-likeness (QED) is 0.0527. The molecule has 52 heavy (non-hydrogen) atoms. The summed E-state index contributed by atoms with van der Waals surface area (Å²) in [4.78, 5) is 16.7. The Morgan fingerprint density at radius 2 is 1.37 bits per heavy atom. The number of pyridine rings is 1. The molecule has 0 saturated carbocycles. The number of ketones is 1. The van der Waals surface area contributed by atoms with E-state index in [4.69, 9.17) is 4.98 Å². The van der Waals surface area contributed by atoms with Crippen molar-refractivity contribution in [2.24, 2.45) is 29.6 Å². The van der Waals surface area contributed by atoms with Gasteiger partial charge in [0.05, 0.1) is 5.76 Å². The van der Waals surface area contributed by atoms with Crippen LogP contribution in [0.15, 0.2) is 54.4 Å². The number of carbonyl (C=O) groups excluding carboxylic acids is 1. The van der Waals surface area contributed by atoms with E-state index in [2.05, 4.69) is 116 Å². The van der Waals surface area contributed by atoms with Gasteiger partial charge in [-0.05, 0) is 77.8 Å². The fourth-order valence-corrected chi connectivity index (χ4v) is 18.0. The van der Waals surface area contributed by atoms with Crippen molar-refractivity contribution >= 4 is 50.6 Å². The van der Waals surface area contributed by atoms with Gasteiger partial charge in [0.2, 0.25) is 0 Å². The summed E-state index contributed by atoms with van der Waals surface area (Å²) in [5.74, 6) is 3.16. The molecule has 3 nitrogen and oxygen atoms in total. The van der Waals surface area contributed by atoms with Gasteiger partial charge < -0.3 is 5.11 Å². The minimum Gasteiger partial charge on any atom is -0.512 e. The first-order chi connectivity index (χ1) is 24.1. The third-order valence-electron chi connectivity index (χ3n) is 10.5. The molecular formula is C46H68IrNO2SSi-. The molecule has 4 aromatic rings. The van der Waals surface area contributed by atoms with Gasteiger partial charge in [0.1, 0.15) is 8.07 Å². The molecule has 0 amide bonds. The van der Waals surface area contributed by atoms with E-state index >= 15 is 0 Å². The van der Waals surface area contributed by atoms with Gasteiger partial charge in [-0.2, -0.15) is 11.3 Å². The number of hydrogen-bond acceptors (Lipinski definition) is 4. The summed E-state index contributed by atoms with van der Waals surface area (Å²) >= 11 is 2.08. The maximum Gasteiger partial charge on any atom is 0.162 e. The number of hydrogen-bond donors (Lipinski definition) is 1. The third kappa shape index (κ3) is 11.4. The van der Waals surface area contributed by atoms with Gasteiger partial charge in [-0.3, -0.25) is 9.78 Å². The zero-order valence-corrected chi connectivity index (χ0v) is 38.8. The van der Waals surface area contributed by atoms with Crippen molar-refractivity contribution in [1.82, 2.24) is 4.98 Å². The molecule has 4 rings (SSSR count). The van der Waals surface area contributed by atoms with E-state index in [1.807, 2.05) is 33.9 Å². The number of allylic oxidation sites excluding steroid dienone is 2. The zero-order chi connectivity index (χ0) is 38.0. The molecule has 0 aliphatic carbocycles. The molecule has 289 valence electrons. The van der Waals surface area contributed by atoms with Gasteiger partial charge in [-0.1, -0.05) is 130 Å². The maximum atomic E-state index is 11.7. The molecule has 0 fully saturated rings. The minimum atomic E-state index is -1.70. The molecular weight excluding hydrogens is 851 g/mol. The number of aromatic nitrogens is 1. The third-order valence-corrected chi connectivity index (χ3v) is 19.4. The molecule has 0 unspecified atom stereocenters. The van der Waals surface area contributed by atoms with E-state index in [0.29, 0.717) is 5.92 Å². The molecule has 1 radical (unpaired) electrons. The average molecular weight is 919 g/mol. The van der Waals surface area contributed by atoms with Crippen LogP contribution in [0.2, 0.25) is 18.1 Å². The van der Waals surface area contributed by atoms with Crippen molar-refractivity contribution in [3.8, 4) is 11.3 Å². The molecule has 1 N–H and O–H groups in total. The van der Waals surface area contributed by atoms with Crippen molar-refractivity contribution < 1.29 is 30.0 Å². The maximum absolute atomic E-state index is 11.7. The molecule has 2 aromatic heterocycles. The van der Waals surface area contributed by atoms with Crippen LogP contribution in [0.4, 0.5) is 0 Å². The zero-order valence-electron chi connectivity index (χ0n) is 34.6. The van der Waals surface area contributed by atoms with E-state index < -0.39 is 8.07 Å². The SMILES string of the molecule is CCC(CC)C(=O)/C=C(\O)C(CC)CC.Cc1c([Si](CC(C)C)(CC(C)C)CC(C)C)sc2c(-c3[c-]c4ccccc4c(C(C)C)c3)nccc12.[Ir]. The van der Waals surface area contributed by atoms with Gasteiger partial charge in [0.25, 0.3) is 0 Å². The molecule has 2 aromatic carbocycles. The Labute approximate surface area is 335 Å². The topological polar surface area (TPSA) is 50.2 Å². The predicted molar refractivity (Wildman–Crippen MR) is 228 cm³/mol. The number of benzene rings is 2. The Kier molecular flexibility index (Phi) is 18.7. The number of carbonyl (C=O) groups is 1. The Morgan fingerprint density at radius 1 is 0.827 bits per heavy atom. The van der Waals surface area contributed by atoms with Gasteiger partial charge in [-0.25, -0.2) is 0 Å². The van der Waals surface area contributed by atoms with Crippen molar-refractivity contribution in [3.63, 3.8) is 0 Å². The van der Waals surface area contributed by atoms with Gasteiger partial charge in [0, 0.05) is 54.6 Å². The summed E-state index contributed by atoms with van der Waals surface area (Å²) in [6, 6.07) is 21.2. The number of fused-ring (bicyclic) bond motifs is 2. The Hall–Kier alpha value is -2.11. The number of aryl methyl sites for hydroxylation is 1. The van der Waals surface area contributed by atoms with Crippen molar-refractivity contribution in [3.05, 3.63) is 71.6 Å². The second kappa shape index (κ2) is 21.1. The summed E-state index contributed by atoms with van der Waals surface area (Å²) in [7, 11) is -1.70. The minimum absolute atomic E-state index is 0. The molecule has 6 heteroatoms. The molecule has 0 aliphatic heterocycles. The summed E-state index contributed by atoms with van der Waals surface area (Å²) < 4.78 is 3.09. The van der Waals surface area contributed by atoms with Gasteiger partial charge in [-0.15, -0.1) is 29.1 Å². The monoisotopic (exact) mass is 919 g/mol. The fraction of sp³-hybridized carbons (Fsp3) is 0.565. The standard InChI is InChI=1S/C33H44NSSi.C13H24O2.Ir/c1-21(2)18-36(19-22(3)4,20-23(5)6)33-25(9)28-14-15-34-31(32(28)35-33)27-16-26-12-10-11-13-29(26)30(17-27)24(7)8;1-5-10(6-2)12(14)9-13(15)11(7-3)8-4;/h10-15,17,21-24H,18-20H2,1-9H3;9-11,14H,5-8H2,1-4H3;/q-1;;/b;12-9-;. The van der Waals surface area contributed by atoms with Gasteiger partial charge >= 0.3 is 0 Å². The van der Waals surface area contributed by atoms with E-state index in [0.717, 1.165) is 54.7 Å². The number of aliphatic hydroxyl groups is 1. The molecule has 0 spiro atoms. The van der Waals surface area contributed by atoms with Crippen LogP contribution in [0.5, 0.6) is 0 Å². The van der Waals surface area contributed by atoms with Crippen molar-refractivity contribution in [1.29, 1.82) is 0 Å². The first-order valence-electron chi connectivity index (χ1n) is 19.9. The molecule has 0 bridgehead atoms. The van der Waals surface area contributed by atoms with E-state index in [9.17, 15) is 9.90 Å². The summed E-state index contributed by atoms with van der Waals surface area (Å²) in [5.41, 5.74) is 5.16. The van der Waals surface area contributed by atoms with Crippen LogP contribution in [-0.2, 0) is 24.9 Å². The first kappa shape index (κ1) is 46.0. The summed E-state index contributed by atoms with van der Waals surface area (Å²) in [5, 5.41) is 13.7. The molecule has 0 atom stereocenters. The van der Waals surface area contributed by atoms with Crippen LogP contribution in [-0.4, -0.2) is 23.9 Å². The normalized spacial score (nSPS) is 12.5. The van der Waals surface area contributed by atoms with E-state index in [-0.39, 0.29) is 43.5 Å². The Morgan fingerprint density at radius 3 is 1.87 bits per heavy atom. The number of thiophene rings is 1. The number of aliphatic hydroxyl groups excluding tert-OH is 1. The van der Waals surface area contributed by atoms with Crippen LogP contribution < -0.4 is 4.50 Å². The molecule has 0 saturated heterocycles. The second-order valence-electron chi connectivity index (χ2n) is 16.5. The average Bonchev–Trinajstić information content (AvgIpc) is 3.41. The summed E-state index contributed by atoms with van der Waals surface area (Å²) in [6.45, 7) is 29.6. The molecule has 2 heterocycles.